The van der Waals surface area contributed by atoms with Gasteiger partial charge in [0.15, 0.2) is 0 Å². The van der Waals surface area contributed by atoms with Gasteiger partial charge in [0.1, 0.15) is 0 Å². The molecule has 0 aromatic heterocycles. The smallest absolute Gasteiger partial charge is 0.265 e. The molecule has 0 saturated carbocycles. The van der Waals surface area contributed by atoms with Crippen LogP contribution in [0.5, 0.6) is 0 Å². The van der Waals surface area contributed by atoms with Gasteiger partial charge in [-0.15, -0.1) is 0 Å². The van der Waals surface area contributed by atoms with E-state index in [1.807, 2.05) is 26.0 Å². The van der Waals surface area contributed by atoms with Crippen molar-refractivity contribution in [3.05, 3.63) is 177 Å². The van der Waals surface area contributed by atoms with E-state index in [4.69, 9.17) is 0 Å². The second-order valence-corrected chi connectivity index (χ2v) is 18.0. The van der Waals surface area contributed by atoms with E-state index >= 15 is 0 Å². The number of carbonyl (C=O) groups is 8. The van der Waals surface area contributed by atoms with Crippen LogP contribution in [0.25, 0.3) is 21.5 Å². The summed E-state index contributed by atoms with van der Waals surface area (Å²) in [7, 11) is -0.987. The molecule has 8 amide bonds. The first kappa shape index (κ1) is 40.6. The summed E-state index contributed by atoms with van der Waals surface area (Å²) in [6.07, 6.45) is 0. The van der Waals surface area contributed by atoms with Gasteiger partial charge in [-0.25, -0.2) is 18.2 Å². The number of carbonyl (C=O) groups excluding carboxylic acids is 8. The first-order chi connectivity index (χ1) is 31.0. The van der Waals surface area contributed by atoms with Gasteiger partial charge in [0.25, 0.3) is 47.3 Å². The molecule has 7 aromatic carbocycles. The van der Waals surface area contributed by atoms with E-state index in [0.29, 0.717) is 44.1 Å². The molecule has 0 bridgehead atoms. The van der Waals surface area contributed by atoms with Gasteiger partial charge in [-0.05, 0) is 111 Å². The fourth-order valence-corrected chi connectivity index (χ4v) is 10.0. The van der Waals surface area contributed by atoms with E-state index in [2.05, 4.69) is 0 Å². The predicted molar refractivity (Wildman–Crippen MR) is 237 cm³/mol. The van der Waals surface area contributed by atoms with E-state index in [1.54, 1.807) is 48.5 Å². The average molecular weight is 881 g/mol. The van der Waals surface area contributed by atoms with Crippen LogP contribution in [0.3, 0.4) is 0 Å². The Morgan fingerprint density at radius 3 is 0.800 bits per heavy atom. The van der Waals surface area contributed by atoms with Crippen LogP contribution in [0, 0.1) is 13.8 Å². The maximum absolute atomic E-state index is 13.5. The van der Waals surface area contributed by atoms with Crippen LogP contribution in [0.15, 0.2) is 131 Å². The van der Waals surface area contributed by atoms with Crippen molar-refractivity contribution in [2.24, 2.45) is 0 Å². The molecule has 4 heterocycles. The number of aryl methyl sites for hydroxylation is 2. The van der Waals surface area contributed by atoms with Gasteiger partial charge >= 0.3 is 0 Å². The standard InChI is InChI=1S/C28H18N2O6S.C22H14N2O4/c1-15-3-7-17(8-4-15)37(35,36)18-9-5-16(6-10-18)30-27(33)21-13-11-19-23-20(26(32)29(2)25(19)31)12-14-22(24(21)23)28(30)34;1-11-3-5-12(6-4-11)24-21(27)15-9-7-13-17-14(20(26)23(2)19(13)25)8-10-16(18(15)17)22(24)28/h3-14H,1-2H3;3-10H,1-2H3. The maximum atomic E-state index is 13.5. The highest BCUT2D eigenvalue weighted by Crippen LogP contribution is 2.41. The highest BCUT2D eigenvalue weighted by Gasteiger charge is 2.41. The Bertz CT molecular complexity index is 3400. The minimum absolute atomic E-state index is 0.0251. The summed E-state index contributed by atoms with van der Waals surface area (Å²) in [6, 6.07) is 31.3. The molecule has 15 heteroatoms. The molecule has 0 spiro atoms. The molecule has 0 N–H and O–H groups in total. The van der Waals surface area contributed by atoms with Crippen molar-refractivity contribution >= 4 is 90.0 Å². The highest BCUT2D eigenvalue weighted by atomic mass is 32.2. The third kappa shape index (κ3) is 5.82. The van der Waals surface area contributed by atoms with E-state index < -0.39 is 57.1 Å². The lowest BCUT2D eigenvalue weighted by Gasteiger charge is -2.30. The fraction of sp³-hybridized carbons (Fsp3) is 0.0800. The van der Waals surface area contributed by atoms with Crippen LogP contribution in [0.2, 0.25) is 0 Å². The zero-order valence-corrected chi connectivity index (χ0v) is 35.6. The van der Waals surface area contributed by atoms with E-state index in [9.17, 15) is 46.8 Å². The fourth-order valence-electron chi connectivity index (χ4n) is 8.78. The van der Waals surface area contributed by atoms with E-state index in [1.165, 1.54) is 74.8 Å². The summed E-state index contributed by atoms with van der Waals surface area (Å²) in [5.41, 5.74) is 4.73. The summed E-state index contributed by atoms with van der Waals surface area (Å²) < 4.78 is 26.0. The lowest BCUT2D eigenvalue weighted by molar-refractivity contribution is 0.0635. The molecular weight excluding hydrogens is 849 g/mol. The molecule has 0 saturated heterocycles. The van der Waals surface area contributed by atoms with Crippen molar-refractivity contribution in [1.82, 2.24) is 9.80 Å². The highest BCUT2D eigenvalue weighted by molar-refractivity contribution is 7.91. The van der Waals surface area contributed by atoms with Crippen molar-refractivity contribution in [3.8, 4) is 0 Å². The van der Waals surface area contributed by atoms with E-state index in [0.717, 1.165) is 30.7 Å². The van der Waals surface area contributed by atoms with Crippen LogP contribution >= 0.6 is 0 Å². The SMILES string of the molecule is Cc1ccc(N2C(=O)c3ccc4c5c(ccc(c35)C2=O)C(=O)N(C)C4=O)cc1.Cc1ccc(S(=O)(=O)c2ccc(N3C(=O)c4ccc5c6c(ccc(c46)C3=O)C(=O)N(C)C5=O)cc2)cc1. The minimum Gasteiger partial charge on any atom is -0.277 e. The zero-order valence-electron chi connectivity index (χ0n) is 34.8. The molecule has 318 valence electrons. The average Bonchev–Trinajstić information content (AvgIpc) is 3.30. The number of rotatable bonds is 4. The first-order valence-electron chi connectivity index (χ1n) is 20.1. The molecule has 11 rings (SSSR count). The lowest BCUT2D eigenvalue weighted by Crippen LogP contribution is -2.42. The number of hydrogen-bond acceptors (Lipinski definition) is 10. The second kappa shape index (κ2) is 14.3. The normalized spacial score (nSPS) is 15.3. The molecule has 0 aliphatic carbocycles. The molecule has 0 fully saturated rings. The number of sulfone groups is 1. The minimum atomic E-state index is -3.79. The van der Waals surface area contributed by atoms with Crippen molar-refractivity contribution in [2.45, 2.75) is 23.6 Å². The summed E-state index contributed by atoms with van der Waals surface area (Å²) >= 11 is 0. The zero-order chi connectivity index (χ0) is 46.0. The Kier molecular flexibility index (Phi) is 8.94. The number of benzene rings is 7. The monoisotopic (exact) mass is 880 g/mol. The molecule has 4 aliphatic rings. The number of hydrogen-bond donors (Lipinski definition) is 0. The van der Waals surface area contributed by atoms with Crippen LogP contribution in [0.4, 0.5) is 11.4 Å². The third-order valence-electron chi connectivity index (χ3n) is 12.2. The summed E-state index contributed by atoms with van der Waals surface area (Å²) in [5, 5.41) is 1.33. The molecule has 0 unspecified atom stereocenters. The molecule has 4 aliphatic heterocycles. The number of nitrogens with zero attached hydrogens (tertiary/aromatic N) is 4. The molecule has 65 heavy (non-hydrogen) atoms. The summed E-state index contributed by atoms with van der Waals surface area (Å²) in [6.45, 7) is 3.78. The molecule has 14 nitrogen and oxygen atoms in total. The van der Waals surface area contributed by atoms with Crippen LogP contribution in [0.1, 0.15) is 94.0 Å². The predicted octanol–water partition coefficient (Wildman–Crippen LogP) is 7.18. The van der Waals surface area contributed by atoms with E-state index in [-0.39, 0.29) is 43.1 Å². The molecule has 7 aromatic rings. The van der Waals surface area contributed by atoms with Gasteiger partial charge in [0.2, 0.25) is 9.84 Å². The summed E-state index contributed by atoms with van der Waals surface area (Å²) in [4.78, 5) is 108. The van der Waals surface area contributed by atoms with Gasteiger partial charge in [0.05, 0.1) is 21.2 Å². The largest absolute Gasteiger partial charge is 0.277 e. The number of imide groups is 4. The Balaban J connectivity index is 0.000000159. The van der Waals surface area contributed by atoms with Crippen molar-refractivity contribution in [2.75, 3.05) is 23.9 Å². The first-order valence-corrected chi connectivity index (χ1v) is 21.6. The second-order valence-electron chi connectivity index (χ2n) is 16.0. The van der Waals surface area contributed by atoms with Crippen molar-refractivity contribution in [3.63, 3.8) is 0 Å². The third-order valence-corrected chi connectivity index (χ3v) is 14.0. The maximum Gasteiger partial charge on any atom is 0.265 e. The molecule has 0 atom stereocenters. The Morgan fingerprint density at radius 1 is 0.308 bits per heavy atom. The van der Waals surface area contributed by atoms with Crippen molar-refractivity contribution < 1.29 is 46.8 Å². The van der Waals surface area contributed by atoms with Crippen molar-refractivity contribution in [1.29, 1.82) is 0 Å². The van der Waals surface area contributed by atoms with Gasteiger partial charge < -0.3 is 0 Å². The van der Waals surface area contributed by atoms with Gasteiger partial charge in [-0.1, -0.05) is 35.4 Å². The lowest BCUT2D eigenvalue weighted by atomic mass is 9.86. The van der Waals surface area contributed by atoms with Gasteiger partial charge in [-0.2, -0.15) is 0 Å². The number of anilines is 2. The summed E-state index contributed by atoms with van der Waals surface area (Å²) in [5.74, 6) is -4.09. The van der Waals surface area contributed by atoms with Gasteiger partial charge in [0, 0.05) is 80.1 Å². The quantitative estimate of drug-likeness (QED) is 0.164. The van der Waals surface area contributed by atoms with Crippen LogP contribution in [-0.4, -0.2) is 79.6 Å². The Labute approximate surface area is 369 Å². The van der Waals surface area contributed by atoms with Gasteiger partial charge in [-0.3, -0.25) is 48.2 Å². The number of amides is 8. The van der Waals surface area contributed by atoms with Crippen LogP contribution in [-0.2, 0) is 9.84 Å². The van der Waals surface area contributed by atoms with Crippen LogP contribution < -0.4 is 9.80 Å². The Hall–Kier alpha value is -8.43. The Morgan fingerprint density at radius 2 is 0.523 bits per heavy atom. The molecular formula is C50H32N4O10S. The topological polar surface area (TPSA) is 184 Å². The molecule has 0 radical (unpaired) electrons.